The predicted molar refractivity (Wildman–Crippen MR) is 95.4 cm³/mol. The number of hydrogen-bond acceptors (Lipinski definition) is 1. The molecule has 1 aromatic rings. The quantitative estimate of drug-likeness (QED) is 0.256. The molecule has 5 heteroatoms. The summed E-state index contributed by atoms with van der Waals surface area (Å²) in [4.78, 5) is 0. The minimum atomic E-state index is -3.24. The fourth-order valence-corrected chi connectivity index (χ4v) is 3.83. The predicted octanol–water partition coefficient (Wildman–Crippen LogP) is 7.05. The first kappa shape index (κ1) is 20.8. The van der Waals surface area contributed by atoms with Crippen molar-refractivity contribution in [1.29, 1.82) is 0 Å². The van der Waals surface area contributed by atoms with E-state index in [0.29, 0.717) is 17.9 Å². The van der Waals surface area contributed by atoms with Gasteiger partial charge in [-0.1, -0.05) is 44.3 Å². The Kier molecular flexibility index (Phi) is 8.46. The van der Waals surface area contributed by atoms with E-state index < -0.39 is 24.0 Å². The SMILES string of the molecule is C/C=C/CCC[C@H]1CC[C@H](CCc2cc(F)c(OC(F)F)c(F)c2)CC1. The molecule has 1 nitrogen and oxygen atoms in total. The fraction of sp³-hybridized carbons (Fsp3) is 0.619. The van der Waals surface area contributed by atoms with Crippen molar-refractivity contribution in [3.8, 4) is 5.75 Å². The second-order valence-electron chi connectivity index (χ2n) is 7.19. The smallest absolute Gasteiger partial charge is 0.387 e. The van der Waals surface area contributed by atoms with Crippen LogP contribution in [0.2, 0.25) is 0 Å². The third kappa shape index (κ3) is 6.65. The zero-order chi connectivity index (χ0) is 18.9. The Balaban J connectivity index is 1.76. The van der Waals surface area contributed by atoms with Gasteiger partial charge in [-0.05, 0) is 62.1 Å². The summed E-state index contributed by atoms with van der Waals surface area (Å²) in [6, 6.07) is 2.21. The maximum absolute atomic E-state index is 13.8. The summed E-state index contributed by atoms with van der Waals surface area (Å²) in [6.45, 7) is -1.19. The van der Waals surface area contributed by atoms with Crippen LogP contribution in [0.3, 0.4) is 0 Å². The molecule has 0 amide bonds. The van der Waals surface area contributed by atoms with E-state index in [2.05, 4.69) is 16.9 Å². The van der Waals surface area contributed by atoms with Crippen LogP contribution >= 0.6 is 0 Å². The first-order chi connectivity index (χ1) is 12.5. The van der Waals surface area contributed by atoms with Gasteiger partial charge in [0.15, 0.2) is 17.4 Å². The van der Waals surface area contributed by atoms with E-state index >= 15 is 0 Å². The van der Waals surface area contributed by atoms with E-state index in [1.54, 1.807) is 0 Å². The third-order valence-corrected chi connectivity index (χ3v) is 5.29. The lowest BCUT2D eigenvalue weighted by Crippen LogP contribution is -2.15. The molecule has 146 valence electrons. The molecular weight excluding hydrogens is 344 g/mol. The minimum absolute atomic E-state index is 0.495. The molecule has 0 unspecified atom stereocenters. The van der Waals surface area contributed by atoms with E-state index in [-0.39, 0.29) is 0 Å². The van der Waals surface area contributed by atoms with Crippen LogP contribution < -0.4 is 4.74 Å². The number of unbranched alkanes of at least 4 members (excludes halogenated alkanes) is 1. The Morgan fingerprint density at radius 1 is 1.04 bits per heavy atom. The molecule has 0 saturated heterocycles. The molecule has 1 saturated carbocycles. The van der Waals surface area contributed by atoms with Crippen molar-refractivity contribution < 1.29 is 22.3 Å². The zero-order valence-electron chi connectivity index (χ0n) is 15.3. The van der Waals surface area contributed by atoms with Gasteiger partial charge < -0.3 is 4.74 Å². The summed E-state index contributed by atoms with van der Waals surface area (Å²) in [5, 5.41) is 0. The highest BCUT2D eigenvalue weighted by Gasteiger charge is 2.21. The van der Waals surface area contributed by atoms with Crippen molar-refractivity contribution in [3.05, 3.63) is 41.5 Å². The van der Waals surface area contributed by atoms with Crippen molar-refractivity contribution >= 4 is 0 Å². The number of ether oxygens (including phenoxy) is 1. The Morgan fingerprint density at radius 3 is 2.15 bits per heavy atom. The van der Waals surface area contributed by atoms with Gasteiger partial charge in [-0.3, -0.25) is 0 Å². The van der Waals surface area contributed by atoms with Gasteiger partial charge in [0, 0.05) is 0 Å². The molecule has 0 N–H and O–H groups in total. The first-order valence-electron chi connectivity index (χ1n) is 9.53. The summed E-state index contributed by atoms with van der Waals surface area (Å²) < 4.78 is 55.7. The van der Waals surface area contributed by atoms with Crippen LogP contribution in [0.15, 0.2) is 24.3 Å². The van der Waals surface area contributed by atoms with E-state index in [1.165, 1.54) is 25.7 Å². The lowest BCUT2D eigenvalue weighted by Gasteiger charge is -2.28. The Bertz CT molecular complexity index is 554. The molecule has 0 aliphatic heterocycles. The normalized spacial score (nSPS) is 20.8. The van der Waals surface area contributed by atoms with Crippen molar-refractivity contribution in [2.24, 2.45) is 11.8 Å². The number of halogens is 4. The molecule has 0 atom stereocenters. The first-order valence-corrected chi connectivity index (χ1v) is 9.53. The molecule has 0 heterocycles. The molecule has 2 rings (SSSR count). The van der Waals surface area contributed by atoms with Crippen molar-refractivity contribution in [1.82, 2.24) is 0 Å². The number of rotatable bonds is 9. The van der Waals surface area contributed by atoms with Gasteiger partial charge in [-0.2, -0.15) is 8.78 Å². The summed E-state index contributed by atoms with van der Waals surface area (Å²) in [6.07, 6.45) is 14.2. The maximum Gasteiger partial charge on any atom is 0.387 e. The molecule has 0 bridgehead atoms. The molecule has 26 heavy (non-hydrogen) atoms. The van der Waals surface area contributed by atoms with Crippen LogP contribution in [-0.2, 0) is 6.42 Å². The van der Waals surface area contributed by atoms with Crippen LogP contribution in [0.25, 0.3) is 0 Å². The molecular formula is C21H28F4O. The molecule has 1 aromatic carbocycles. The van der Waals surface area contributed by atoms with E-state index in [1.807, 2.05) is 6.92 Å². The second kappa shape index (κ2) is 10.6. The summed E-state index contributed by atoms with van der Waals surface area (Å²) in [7, 11) is 0. The molecule has 0 aromatic heterocycles. The molecule has 1 aliphatic rings. The van der Waals surface area contributed by atoms with Gasteiger partial charge in [-0.25, -0.2) is 8.78 Å². The average molecular weight is 372 g/mol. The number of alkyl halides is 2. The number of hydrogen-bond donors (Lipinski definition) is 0. The highest BCUT2D eigenvalue weighted by molar-refractivity contribution is 5.31. The highest BCUT2D eigenvalue weighted by atomic mass is 19.3. The Morgan fingerprint density at radius 2 is 1.62 bits per heavy atom. The highest BCUT2D eigenvalue weighted by Crippen LogP contribution is 2.34. The number of aryl methyl sites for hydroxylation is 1. The van der Waals surface area contributed by atoms with Gasteiger partial charge in [0.1, 0.15) is 0 Å². The van der Waals surface area contributed by atoms with Gasteiger partial charge in [0.2, 0.25) is 0 Å². The van der Waals surface area contributed by atoms with Crippen LogP contribution in [0.1, 0.15) is 63.9 Å². The number of allylic oxidation sites excluding steroid dienone is 2. The minimum Gasteiger partial charge on any atom is -0.429 e. The topological polar surface area (TPSA) is 9.23 Å². The average Bonchev–Trinajstić information content (AvgIpc) is 2.61. The third-order valence-electron chi connectivity index (χ3n) is 5.29. The maximum atomic E-state index is 13.8. The molecule has 1 aliphatic carbocycles. The van der Waals surface area contributed by atoms with Crippen LogP contribution in [0.4, 0.5) is 17.6 Å². The summed E-state index contributed by atoms with van der Waals surface area (Å²) in [5.74, 6) is -1.75. The zero-order valence-corrected chi connectivity index (χ0v) is 15.3. The second-order valence-corrected chi connectivity index (χ2v) is 7.19. The van der Waals surface area contributed by atoms with Gasteiger partial charge in [0.25, 0.3) is 0 Å². The van der Waals surface area contributed by atoms with Gasteiger partial charge >= 0.3 is 6.61 Å². The summed E-state index contributed by atoms with van der Waals surface area (Å²) in [5.41, 5.74) is 0.495. The van der Waals surface area contributed by atoms with E-state index in [0.717, 1.165) is 43.7 Å². The van der Waals surface area contributed by atoms with E-state index in [4.69, 9.17) is 0 Å². The molecule has 0 radical (unpaired) electrons. The standard InChI is InChI=1S/C21H28F4O/c1-2-3-4-5-6-15-7-9-16(10-8-15)11-12-17-13-18(22)20(19(23)14-17)26-21(24)25/h2-3,13-16,21H,4-12H2,1H3/b3-2+/t15-,16-. The van der Waals surface area contributed by atoms with Crippen molar-refractivity contribution in [2.45, 2.75) is 71.3 Å². The van der Waals surface area contributed by atoms with Gasteiger partial charge in [0.05, 0.1) is 0 Å². The molecule has 0 spiro atoms. The lowest BCUT2D eigenvalue weighted by molar-refractivity contribution is -0.0546. The van der Waals surface area contributed by atoms with Crippen LogP contribution in [0.5, 0.6) is 5.75 Å². The van der Waals surface area contributed by atoms with E-state index in [9.17, 15) is 17.6 Å². The van der Waals surface area contributed by atoms with Crippen LogP contribution in [-0.4, -0.2) is 6.61 Å². The van der Waals surface area contributed by atoms with Crippen molar-refractivity contribution in [3.63, 3.8) is 0 Å². The van der Waals surface area contributed by atoms with Gasteiger partial charge in [-0.15, -0.1) is 0 Å². The Hall–Kier alpha value is -1.52. The monoisotopic (exact) mass is 372 g/mol. The largest absolute Gasteiger partial charge is 0.429 e. The summed E-state index contributed by atoms with van der Waals surface area (Å²) >= 11 is 0. The number of benzene rings is 1. The fourth-order valence-electron chi connectivity index (χ4n) is 3.83. The van der Waals surface area contributed by atoms with Crippen LogP contribution in [0, 0.1) is 23.5 Å². The van der Waals surface area contributed by atoms with Crippen molar-refractivity contribution in [2.75, 3.05) is 0 Å². The lowest BCUT2D eigenvalue weighted by atomic mass is 9.78. The molecule has 1 fully saturated rings. The Labute approximate surface area is 153 Å².